The molecule has 1 heterocycles. The number of alkyl halides is 3. The van der Waals surface area contributed by atoms with E-state index < -0.39 is 23.8 Å². The molecule has 1 aliphatic carbocycles. The van der Waals surface area contributed by atoms with Gasteiger partial charge in [0, 0.05) is 39.0 Å². The second kappa shape index (κ2) is 10.5. The molecule has 0 radical (unpaired) electrons. The fraction of sp³-hybridized carbons (Fsp3) is 0.652. The lowest BCUT2D eigenvalue weighted by molar-refractivity contribution is -0.137. The highest BCUT2D eigenvalue weighted by Gasteiger charge is 2.33. The van der Waals surface area contributed by atoms with Crippen LogP contribution < -0.4 is 10.6 Å². The Morgan fingerprint density at radius 3 is 2.38 bits per heavy atom. The molecule has 1 aromatic rings. The number of anilines is 1. The molecule has 2 fully saturated rings. The van der Waals surface area contributed by atoms with E-state index in [-0.39, 0.29) is 11.5 Å². The van der Waals surface area contributed by atoms with Crippen LogP contribution >= 0.6 is 0 Å². The molecule has 0 aromatic heterocycles. The quantitative estimate of drug-likeness (QED) is 0.686. The smallest absolute Gasteiger partial charge is 0.371 e. The first-order valence-corrected chi connectivity index (χ1v) is 11.1. The van der Waals surface area contributed by atoms with E-state index in [0.29, 0.717) is 24.7 Å². The number of carbonyl (C=O) groups is 1. The van der Waals surface area contributed by atoms with Crippen molar-refractivity contribution in [2.75, 3.05) is 44.7 Å². The van der Waals surface area contributed by atoms with E-state index in [1.165, 1.54) is 13.2 Å². The Kier molecular flexibility index (Phi) is 8.01. The Morgan fingerprint density at radius 2 is 1.84 bits per heavy atom. The number of amides is 1. The van der Waals surface area contributed by atoms with Gasteiger partial charge in [-0.05, 0) is 55.8 Å². The number of primary amides is 1. The first kappa shape index (κ1) is 24.3. The number of methoxy groups -OCH3 is 1. The molecular weight excluding hydrogens is 421 g/mol. The molecule has 1 aliphatic heterocycles. The number of carbonyl (C=O) groups excluding carboxylic acids is 1. The maximum absolute atomic E-state index is 13.2. The topological polar surface area (TPSA) is 82.6 Å². The summed E-state index contributed by atoms with van der Waals surface area (Å²) in [6, 6.07) is 5.39. The third-order valence-corrected chi connectivity index (χ3v) is 6.82. The summed E-state index contributed by atoms with van der Waals surface area (Å²) in [6.07, 6.45) is 0.0960. The lowest BCUT2D eigenvalue weighted by atomic mass is 9.78. The molecule has 1 amide bonds. The first-order chi connectivity index (χ1) is 15.2. The van der Waals surface area contributed by atoms with E-state index in [4.69, 9.17) is 15.7 Å². The van der Waals surface area contributed by atoms with Crippen molar-refractivity contribution in [2.24, 2.45) is 17.6 Å². The standard InChI is InChI=1S/C23H31F3N4O2/c1-32-21(22(28)31)18-4-2-16(3-5-18)6-7-29-8-10-30(11-9-29)20-13-17(15-27)12-19(14-20)23(24,25)26/h12-14,16,18,21H,2-11H2,1H3,(H2,28,31). The van der Waals surface area contributed by atoms with E-state index in [2.05, 4.69) is 4.90 Å². The highest BCUT2D eigenvalue weighted by molar-refractivity contribution is 5.79. The van der Waals surface area contributed by atoms with E-state index in [9.17, 15) is 18.0 Å². The minimum absolute atomic E-state index is 0.0277. The summed E-state index contributed by atoms with van der Waals surface area (Å²) in [7, 11) is 1.53. The molecule has 1 saturated carbocycles. The number of nitriles is 1. The van der Waals surface area contributed by atoms with Crippen LogP contribution in [0, 0.1) is 23.2 Å². The summed E-state index contributed by atoms with van der Waals surface area (Å²) in [5.41, 5.74) is 5.12. The van der Waals surface area contributed by atoms with Crippen molar-refractivity contribution in [1.29, 1.82) is 5.26 Å². The van der Waals surface area contributed by atoms with E-state index in [1.54, 1.807) is 0 Å². The van der Waals surface area contributed by atoms with E-state index >= 15 is 0 Å². The minimum Gasteiger partial charge on any atom is -0.371 e. The van der Waals surface area contributed by atoms with Gasteiger partial charge in [-0.15, -0.1) is 0 Å². The number of benzene rings is 1. The summed E-state index contributed by atoms with van der Waals surface area (Å²) in [4.78, 5) is 15.8. The van der Waals surface area contributed by atoms with Gasteiger partial charge in [-0.3, -0.25) is 9.69 Å². The van der Waals surface area contributed by atoms with Gasteiger partial charge in [-0.25, -0.2) is 0 Å². The van der Waals surface area contributed by atoms with Crippen molar-refractivity contribution in [3.63, 3.8) is 0 Å². The van der Waals surface area contributed by atoms with E-state index in [1.807, 2.05) is 11.0 Å². The largest absolute Gasteiger partial charge is 0.416 e. The van der Waals surface area contributed by atoms with Crippen LogP contribution in [-0.4, -0.2) is 56.7 Å². The number of piperazine rings is 1. The van der Waals surface area contributed by atoms with Crippen LogP contribution in [-0.2, 0) is 15.7 Å². The first-order valence-electron chi connectivity index (χ1n) is 11.1. The SMILES string of the molecule is COC(C(N)=O)C1CCC(CCN2CCN(c3cc(C#N)cc(C(F)(F)F)c3)CC2)CC1. The van der Waals surface area contributed by atoms with Gasteiger partial charge in [-0.1, -0.05) is 12.8 Å². The van der Waals surface area contributed by atoms with Crippen molar-refractivity contribution in [3.05, 3.63) is 29.3 Å². The summed E-state index contributed by atoms with van der Waals surface area (Å²) >= 11 is 0. The highest BCUT2D eigenvalue weighted by atomic mass is 19.4. The zero-order valence-electron chi connectivity index (χ0n) is 18.4. The van der Waals surface area contributed by atoms with Gasteiger partial charge >= 0.3 is 6.18 Å². The van der Waals surface area contributed by atoms with Crippen LogP contribution in [0.2, 0.25) is 0 Å². The number of nitrogens with zero attached hydrogens (tertiary/aromatic N) is 3. The van der Waals surface area contributed by atoms with Crippen molar-refractivity contribution in [1.82, 2.24) is 4.90 Å². The normalized spacial score (nSPS) is 23.5. The summed E-state index contributed by atoms with van der Waals surface area (Å²) in [6.45, 7) is 3.78. The summed E-state index contributed by atoms with van der Waals surface area (Å²) in [5, 5.41) is 9.10. The van der Waals surface area contributed by atoms with Gasteiger partial charge < -0.3 is 15.4 Å². The third-order valence-electron chi connectivity index (χ3n) is 6.82. The highest BCUT2D eigenvalue weighted by Crippen LogP contribution is 2.35. The number of rotatable bonds is 7. The fourth-order valence-electron chi connectivity index (χ4n) is 4.94. The van der Waals surface area contributed by atoms with Crippen LogP contribution in [0.15, 0.2) is 18.2 Å². The van der Waals surface area contributed by atoms with Crippen molar-refractivity contribution in [3.8, 4) is 6.07 Å². The molecule has 3 rings (SSSR count). The Bertz CT molecular complexity index is 824. The predicted molar refractivity (Wildman–Crippen MR) is 115 cm³/mol. The van der Waals surface area contributed by atoms with Crippen molar-refractivity contribution >= 4 is 11.6 Å². The fourth-order valence-corrected chi connectivity index (χ4v) is 4.94. The van der Waals surface area contributed by atoms with Gasteiger partial charge in [-0.2, -0.15) is 18.4 Å². The molecule has 1 saturated heterocycles. The molecule has 176 valence electrons. The predicted octanol–water partition coefficient (Wildman–Crippen LogP) is 3.40. The zero-order chi connectivity index (χ0) is 23.3. The maximum atomic E-state index is 13.2. The minimum atomic E-state index is -4.47. The van der Waals surface area contributed by atoms with Gasteiger partial charge in [0.05, 0.1) is 17.2 Å². The second-order valence-electron chi connectivity index (χ2n) is 8.83. The number of hydrogen-bond acceptors (Lipinski definition) is 5. The number of halogens is 3. The van der Waals surface area contributed by atoms with Crippen LogP contribution in [0.25, 0.3) is 0 Å². The lowest BCUT2D eigenvalue weighted by Crippen LogP contribution is -2.47. The molecular formula is C23H31F3N4O2. The van der Waals surface area contributed by atoms with E-state index in [0.717, 1.165) is 63.9 Å². The molecule has 6 nitrogen and oxygen atoms in total. The molecule has 1 unspecified atom stereocenters. The molecule has 0 bridgehead atoms. The van der Waals surface area contributed by atoms with Gasteiger partial charge in [0.25, 0.3) is 0 Å². The number of ether oxygens (including phenoxy) is 1. The lowest BCUT2D eigenvalue weighted by Gasteiger charge is -2.37. The molecule has 1 aromatic carbocycles. The molecule has 1 atom stereocenters. The number of hydrogen-bond donors (Lipinski definition) is 1. The average Bonchev–Trinajstić information content (AvgIpc) is 2.78. The van der Waals surface area contributed by atoms with Crippen LogP contribution in [0.5, 0.6) is 0 Å². The van der Waals surface area contributed by atoms with Gasteiger partial charge in [0.2, 0.25) is 5.91 Å². The van der Waals surface area contributed by atoms with Crippen LogP contribution in [0.1, 0.15) is 43.2 Å². The van der Waals surface area contributed by atoms with Crippen molar-refractivity contribution < 1.29 is 22.7 Å². The Balaban J connectivity index is 1.46. The third kappa shape index (κ3) is 6.14. The Labute approximate surface area is 187 Å². The van der Waals surface area contributed by atoms with Gasteiger partial charge in [0.15, 0.2) is 0 Å². The van der Waals surface area contributed by atoms with Crippen LogP contribution in [0.4, 0.5) is 18.9 Å². The summed E-state index contributed by atoms with van der Waals surface area (Å²) in [5.74, 6) is 0.413. The Hall–Kier alpha value is -2.31. The molecule has 2 N–H and O–H groups in total. The second-order valence-corrected chi connectivity index (χ2v) is 8.83. The Morgan fingerprint density at radius 1 is 1.19 bits per heavy atom. The average molecular weight is 453 g/mol. The van der Waals surface area contributed by atoms with Crippen LogP contribution in [0.3, 0.4) is 0 Å². The number of nitrogens with two attached hydrogens (primary N) is 1. The molecule has 2 aliphatic rings. The van der Waals surface area contributed by atoms with Gasteiger partial charge in [0.1, 0.15) is 6.10 Å². The summed E-state index contributed by atoms with van der Waals surface area (Å²) < 4.78 is 44.7. The molecule has 0 spiro atoms. The zero-order valence-corrected chi connectivity index (χ0v) is 18.4. The maximum Gasteiger partial charge on any atom is 0.416 e. The molecule has 32 heavy (non-hydrogen) atoms. The monoisotopic (exact) mass is 452 g/mol. The van der Waals surface area contributed by atoms with Crippen molar-refractivity contribution in [2.45, 2.75) is 44.4 Å². The molecule has 9 heteroatoms.